The monoisotopic (exact) mass is 242 g/mol. The minimum atomic E-state index is -0.681. The molecule has 1 rings (SSSR count). The quantitative estimate of drug-likeness (QED) is 0.652. The highest BCUT2D eigenvalue weighted by Crippen LogP contribution is 2.18. The molecule has 0 aliphatic carbocycles. The number of likely N-dealkylation sites (N-methyl/N-ethyl adjacent to an activating group) is 1. The van der Waals surface area contributed by atoms with Gasteiger partial charge in [-0.3, -0.25) is 9.59 Å². The first-order valence-corrected chi connectivity index (χ1v) is 5.79. The predicted octanol–water partition coefficient (Wildman–Crippen LogP) is 0.0338. The van der Waals surface area contributed by atoms with E-state index in [-0.39, 0.29) is 6.54 Å². The Hall–Kier alpha value is -1.40. The van der Waals surface area contributed by atoms with Crippen molar-refractivity contribution in [2.45, 2.75) is 12.5 Å². The molecule has 1 heterocycles. The van der Waals surface area contributed by atoms with Gasteiger partial charge in [-0.25, -0.2) is 0 Å². The number of hydrogen-bond acceptors (Lipinski definition) is 4. The van der Waals surface area contributed by atoms with Crippen LogP contribution in [0.3, 0.4) is 0 Å². The lowest BCUT2D eigenvalue weighted by molar-refractivity contribution is -0.138. The Morgan fingerprint density at radius 1 is 1.50 bits per heavy atom. The summed E-state index contributed by atoms with van der Waals surface area (Å²) in [5.41, 5.74) is 0.833. The lowest BCUT2D eigenvalue weighted by Gasteiger charge is -2.09. The van der Waals surface area contributed by atoms with Crippen molar-refractivity contribution in [1.29, 1.82) is 0 Å². The molecule has 0 fully saturated rings. The molecular formula is C10H14N2O3S. The molecule has 1 unspecified atom stereocenters. The van der Waals surface area contributed by atoms with E-state index < -0.39 is 17.9 Å². The van der Waals surface area contributed by atoms with Gasteiger partial charge >= 0.3 is 11.8 Å². The molecule has 88 valence electrons. The van der Waals surface area contributed by atoms with Crippen molar-refractivity contribution in [3.05, 3.63) is 22.4 Å². The average Bonchev–Trinajstić information content (AvgIpc) is 2.81. The number of thiophene rings is 1. The first kappa shape index (κ1) is 12.7. The SMILES string of the molecule is CNC(=O)C(=O)NCCC(O)c1ccsc1. The maximum Gasteiger partial charge on any atom is 0.309 e. The summed E-state index contributed by atoms with van der Waals surface area (Å²) in [6.45, 7) is 0.267. The van der Waals surface area contributed by atoms with Crippen LogP contribution in [0.25, 0.3) is 0 Å². The molecule has 6 heteroatoms. The molecule has 0 radical (unpaired) electrons. The normalized spacial score (nSPS) is 11.9. The van der Waals surface area contributed by atoms with Gasteiger partial charge in [0, 0.05) is 13.6 Å². The standard InChI is InChI=1S/C10H14N2O3S/c1-11-9(14)10(15)12-4-2-8(13)7-3-5-16-6-7/h3,5-6,8,13H,2,4H2,1H3,(H,11,14)(H,12,15). The molecule has 5 nitrogen and oxygen atoms in total. The summed E-state index contributed by atoms with van der Waals surface area (Å²) in [4.78, 5) is 21.9. The Bertz CT molecular complexity index is 351. The Balaban J connectivity index is 2.26. The van der Waals surface area contributed by atoms with Gasteiger partial charge in [0.25, 0.3) is 0 Å². The number of hydrogen-bond donors (Lipinski definition) is 3. The Morgan fingerprint density at radius 3 is 2.81 bits per heavy atom. The molecule has 0 aliphatic heterocycles. The van der Waals surface area contributed by atoms with Crippen molar-refractivity contribution in [3.63, 3.8) is 0 Å². The van der Waals surface area contributed by atoms with Crippen LogP contribution < -0.4 is 10.6 Å². The maximum atomic E-state index is 11.0. The fraction of sp³-hybridized carbons (Fsp3) is 0.400. The van der Waals surface area contributed by atoms with E-state index in [1.165, 1.54) is 18.4 Å². The minimum Gasteiger partial charge on any atom is -0.388 e. The van der Waals surface area contributed by atoms with Crippen LogP contribution in [0.4, 0.5) is 0 Å². The van der Waals surface area contributed by atoms with E-state index in [1.807, 2.05) is 16.8 Å². The van der Waals surface area contributed by atoms with Gasteiger partial charge in [-0.1, -0.05) is 0 Å². The van der Waals surface area contributed by atoms with Gasteiger partial charge in [-0.05, 0) is 28.8 Å². The van der Waals surface area contributed by atoms with Gasteiger partial charge in [0.2, 0.25) is 0 Å². The van der Waals surface area contributed by atoms with Gasteiger partial charge < -0.3 is 15.7 Å². The topological polar surface area (TPSA) is 78.4 Å². The number of carbonyl (C=O) groups excluding carboxylic acids is 2. The smallest absolute Gasteiger partial charge is 0.309 e. The highest BCUT2D eigenvalue weighted by Gasteiger charge is 2.12. The Labute approximate surface area is 97.5 Å². The molecule has 0 saturated heterocycles. The lowest BCUT2D eigenvalue weighted by Crippen LogP contribution is -2.38. The second-order valence-corrected chi connectivity index (χ2v) is 3.98. The van der Waals surface area contributed by atoms with E-state index in [1.54, 1.807) is 0 Å². The molecule has 2 amide bonds. The largest absolute Gasteiger partial charge is 0.388 e. The summed E-state index contributed by atoms with van der Waals surface area (Å²) in [6, 6.07) is 1.83. The highest BCUT2D eigenvalue weighted by atomic mass is 32.1. The van der Waals surface area contributed by atoms with Gasteiger partial charge in [0.1, 0.15) is 0 Å². The van der Waals surface area contributed by atoms with E-state index in [0.717, 1.165) is 5.56 Å². The lowest BCUT2D eigenvalue weighted by atomic mass is 10.1. The average molecular weight is 242 g/mol. The summed E-state index contributed by atoms with van der Waals surface area (Å²) in [7, 11) is 1.39. The third-order valence-corrected chi connectivity index (χ3v) is 2.77. The van der Waals surface area contributed by atoms with Crippen molar-refractivity contribution in [3.8, 4) is 0 Å². The van der Waals surface area contributed by atoms with Gasteiger partial charge in [0.05, 0.1) is 6.10 Å². The molecule has 3 N–H and O–H groups in total. The number of aliphatic hydroxyl groups is 1. The zero-order valence-corrected chi connectivity index (χ0v) is 9.71. The highest BCUT2D eigenvalue weighted by molar-refractivity contribution is 7.07. The van der Waals surface area contributed by atoms with Crippen LogP contribution in [0, 0.1) is 0 Å². The maximum absolute atomic E-state index is 11.0. The number of rotatable bonds is 4. The fourth-order valence-electron chi connectivity index (χ4n) is 1.15. The Morgan fingerprint density at radius 2 is 2.25 bits per heavy atom. The van der Waals surface area contributed by atoms with Crippen LogP contribution in [0.15, 0.2) is 16.8 Å². The number of amides is 2. The molecule has 0 aromatic carbocycles. The van der Waals surface area contributed by atoms with Crippen molar-refractivity contribution in [2.24, 2.45) is 0 Å². The minimum absolute atomic E-state index is 0.267. The van der Waals surface area contributed by atoms with Crippen LogP contribution in [-0.4, -0.2) is 30.5 Å². The molecule has 16 heavy (non-hydrogen) atoms. The van der Waals surface area contributed by atoms with Gasteiger partial charge in [-0.2, -0.15) is 11.3 Å². The van der Waals surface area contributed by atoms with Crippen LogP contribution >= 0.6 is 11.3 Å². The number of aliphatic hydroxyl groups excluding tert-OH is 1. The first-order chi connectivity index (χ1) is 7.65. The number of nitrogens with one attached hydrogen (secondary N) is 2. The van der Waals surface area contributed by atoms with Crippen molar-refractivity contribution >= 4 is 23.2 Å². The van der Waals surface area contributed by atoms with Crippen LogP contribution in [0.5, 0.6) is 0 Å². The summed E-state index contributed by atoms with van der Waals surface area (Å²) in [6.07, 6.45) is -0.212. The van der Waals surface area contributed by atoms with Crippen LogP contribution in [-0.2, 0) is 9.59 Å². The molecular weight excluding hydrogens is 228 g/mol. The van der Waals surface area contributed by atoms with E-state index in [0.29, 0.717) is 6.42 Å². The molecule has 1 aromatic heterocycles. The zero-order valence-electron chi connectivity index (χ0n) is 8.90. The molecule has 0 bridgehead atoms. The van der Waals surface area contributed by atoms with E-state index in [2.05, 4.69) is 10.6 Å². The van der Waals surface area contributed by atoms with Gasteiger partial charge in [-0.15, -0.1) is 0 Å². The van der Waals surface area contributed by atoms with E-state index in [9.17, 15) is 14.7 Å². The van der Waals surface area contributed by atoms with Crippen molar-refractivity contribution in [2.75, 3.05) is 13.6 Å². The molecule has 0 spiro atoms. The molecule has 1 atom stereocenters. The summed E-state index contributed by atoms with van der Waals surface area (Å²) in [5, 5.41) is 18.0. The third-order valence-electron chi connectivity index (χ3n) is 2.06. The summed E-state index contributed by atoms with van der Waals surface area (Å²) in [5.74, 6) is -1.36. The first-order valence-electron chi connectivity index (χ1n) is 4.85. The molecule has 0 aliphatic rings. The molecule has 0 saturated carbocycles. The second-order valence-electron chi connectivity index (χ2n) is 3.20. The zero-order chi connectivity index (χ0) is 12.0. The summed E-state index contributed by atoms with van der Waals surface area (Å²) < 4.78 is 0. The van der Waals surface area contributed by atoms with E-state index in [4.69, 9.17) is 0 Å². The predicted molar refractivity (Wildman–Crippen MR) is 61.0 cm³/mol. The fourth-order valence-corrected chi connectivity index (χ4v) is 1.85. The van der Waals surface area contributed by atoms with Crippen molar-refractivity contribution < 1.29 is 14.7 Å². The second kappa shape index (κ2) is 6.24. The Kier molecular flexibility index (Phi) is 4.94. The molecule has 1 aromatic rings. The van der Waals surface area contributed by atoms with Crippen LogP contribution in [0.1, 0.15) is 18.1 Å². The van der Waals surface area contributed by atoms with Crippen LogP contribution in [0.2, 0.25) is 0 Å². The van der Waals surface area contributed by atoms with Gasteiger partial charge in [0.15, 0.2) is 0 Å². The van der Waals surface area contributed by atoms with Crippen molar-refractivity contribution in [1.82, 2.24) is 10.6 Å². The number of carbonyl (C=O) groups is 2. The van der Waals surface area contributed by atoms with E-state index >= 15 is 0 Å². The third kappa shape index (κ3) is 3.63. The summed E-state index contributed by atoms with van der Waals surface area (Å²) >= 11 is 1.50.